The van der Waals surface area contributed by atoms with Crippen molar-refractivity contribution < 1.29 is 14.4 Å². The fourth-order valence-electron chi connectivity index (χ4n) is 5.81. The maximum Gasteiger partial charge on any atom is 0.159 e. The number of Topliss-reactive ketones (excluding diaryl/α,β-unsaturated/α-hetero) is 3. The van der Waals surface area contributed by atoms with Crippen molar-refractivity contribution in [2.24, 2.45) is 23.7 Å². The highest BCUT2D eigenvalue weighted by Gasteiger charge is 2.36. The van der Waals surface area contributed by atoms with Crippen LogP contribution in [0.15, 0.2) is 34.4 Å². The molecule has 0 spiro atoms. The third-order valence-corrected chi connectivity index (χ3v) is 7.39. The van der Waals surface area contributed by atoms with Crippen molar-refractivity contribution in [1.82, 2.24) is 0 Å². The Balaban J connectivity index is 1.37. The van der Waals surface area contributed by atoms with Crippen molar-refractivity contribution in [3.05, 3.63) is 34.4 Å². The number of allylic oxidation sites excluding steroid dienone is 6. The molecule has 3 nitrogen and oxygen atoms in total. The van der Waals surface area contributed by atoms with E-state index in [0.717, 1.165) is 17.9 Å². The van der Waals surface area contributed by atoms with Crippen LogP contribution < -0.4 is 0 Å². The molecule has 3 heteroatoms. The van der Waals surface area contributed by atoms with Gasteiger partial charge in [-0.2, -0.15) is 0 Å². The molecule has 1 unspecified atom stereocenters. The number of carbonyl (C=O) groups excluding carboxylic acids is 3. The number of hydrogen-bond acceptors (Lipinski definition) is 3. The molecule has 0 bridgehead atoms. The normalized spacial score (nSPS) is 27.3. The lowest BCUT2D eigenvalue weighted by Gasteiger charge is -2.28. The number of ketones is 3. The number of hydrogen-bond donors (Lipinski definition) is 0. The Morgan fingerprint density at radius 1 is 1.11 bits per heavy atom. The fourth-order valence-corrected chi connectivity index (χ4v) is 5.81. The Bertz CT molecular complexity index is 773. The predicted octanol–water partition coefficient (Wildman–Crippen LogP) is 5.30. The van der Waals surface area contributed by atoms with E-state index in [4.69, 9.17) is 0 Å². The smallest absolute Gasteiger partial charge is 0.159 e. The third-order valence-electron chi connectivity index (χ3n) is 7.39. The van der Waals surface area contributed by atoms with E-state index in [1.165, 1.54) is 48.8 Å². The molecular weight excluding hydrogens is 348 g/mol. The third kappa shape index (κ3) is 3.73. The van der Waals surface area contributed by atoms with E-state index in [1.54, 1.807) is 0 Å². The van der Waals surface area contributed by atoms with Crippen LogP contribution in [0.1, 0.15) is 78.1 Å². The van der Waals surface area contributed by atoms with Gasteiger partial charge < -0.3 is 0 Å². The van der Waals surface area contributed by atoms with Gasteiger partial charge in [0.2, 0.25) is 0 Å². The maximum absolute atomic E-state index is 12.9. The SMILES string of the molecule is CC1=CC(C2CCCCC2)C2=C1C=C(C(=O)C[C@H](C)CC1C(=O)CCC1=O)C2. The van der Waals surface area contributed by atoms with Gasteiger partial charge in [0.25, 0.3) is 0 Å². The summed E-state index contributed by atoms with van der Waals surface area (Å²) in [5.74, 6) is 1.24. The summed E-state index contributed by atoms with van der Waals surface area (Å²) in [6.07, 6.45) is 13.8. The van der Waals surface area contributed by atoms with Crippen molar-refractivity contribution in [2.45, 2.75) is 78.1 Å². The first-order valence-electron chi connectivity index (χ1n) is 11.1. The topological polar surface area (TPSA) is 51.2 Å². The molecule has 4 aliphatic carbocycles. The second-order valence-corrected chi connectivity index (χ2v) is 9.51. The van der Waals surface area contributed by atoms with E-state index in [2.05, 4.69) is 19.1 Å². The fraction of sp³-hybridized carbons (Fsp3) is 0.640. The molecule has 150 valence electrons. The molecule has 0 N–H and O–H groups in total. The highest BCUT2D eigenvalue weighted by molar-refractivity contribution is 6.08. The second-order valence-electron chi connectivity index (χ2n) is 9.51. The maximum atomic E-state index is 12.9. The first-order valence-corrected chi connectivity index (χ1v) is 11.1. The zero-order valence-electron chi connectivity index (χ0n) is 17.3. The molecular formula is C25H32O3. The first kappa shape index (κ1) is 19.5. The quantitative estimate of drug-likeness (QED) is 0.587. The second kappa shape index (κ2) is 7.93. The minimum absolute atomic E-state index is 0.0705. The molecule has 4 aliphatic rings. The summed E-state index contributed by atoms with van der Waals surface area (Å²) in [5, 5.41) is 0. The summed E-state index contributed by atoms with van der Waals surface area (Å²) in [6, 6.07) is 0. The molecule has 0 aromatic heterocycles. The van der Waals surface area contributed by atoms with Crippen LogP contribution in [0.4, 0.5) is 0 Å². The lowest BCUT2D eigenvalue weighted by atomic mass is 9.76. The van der Waals surface area contributed by atoms with Gasteiger partial charge in [0, 0.05) is 25.2 Å². The first-order chi connectivity index (χ1) is 13.4. The molecule has 0 heterocycles. The van der Waals surface area contributed by atoms with Gasteiger partial charge in [-0.05, 0) is 67.2 Å². The monoisotopic (exact) mass is 380 g/mol. The molecule has 0 saturated heterocycles. The van der Waals surface area contributed by atoms with Crippen molar-refractivity contribution in [1.29, 1.82) is 0 Å². The average molecular weight is 381 g/mol. The van der Waals surface area contributed by atoms with E-state index in [1.807, 2.05) is 6.92 Å². The largest absolute Gasteiger partial charge is 0.299 e. The Morgan fingerprint density at radius 2 is 1.79 bits per heavy atom. The lowest BCUT2D eigenvalue weighted by Crippen LogP contribution is -2.20. The van der Waals surface area contributed by atoms with Gasteiger partial charge in [-0.3, -0.25) is 14.4 Å². The molecule has 0 radical (unpaired) electrons. The molecule has 0 aromatic rings. The van der Waals surface area contributed by atoms with Gasteiger partial charge in [0.15, 0.2) is 5.78 Å². The van der Waals surface area contributed by atoms with Gasteiger partial charge >= 0.3 is 0 Å². The summed E-state index contributed by atoms with van der Waals surface area (Å²) in [7, 11) is 0. The van der Waals surface area contributed by atoms with Crippen LogP contribution >= 0.6 is 0 Å². The molecule has 2 atom stereocenters. The van der Waals surface area contributed by atoms with Gasteiger partial charge in [0.05, 0.1) is 5.92 Å². The van der Waals surface area contributed by atoms with Crippen LogP contribution in [0.25, 0.3) is 0 Å². The highest BCUT2D eigenvalue weighted by Crippen LogP contribution is 2.47. The van der Waals surface area contributed by atoms with E-state index in [9.17, 15) is 14.4 Å². The lowest BCUT2D eigenvalue weighted by molar-refractivity contribution is -0.128. The van der Waals surface area contributed by atoms with Crippen molar-refractivity contribution in [3.8, 4) is 0 Å². The Hall–Kier alpha value is -1.77. The molecule has 0 aliphatic heterocycles. The molecule has 2 fully saturated rings. The molecule has 28 heavy (non-hydrogen) atoms. The zero-order valence-corrected chi connectivity index (χ0v) is 17.3. The Kier molecular flexibility index (Phi) is 5.53. The van der Waals surface area contributed by atoms with E-state index < -0.39 is 5.92 Å². The van der Waals surface area contributed by atoms with Crippen LogP contribution in [-0.2, 0) is 14.4 Å². The van der Waals surface area contributed by atoms with Gasteiger partial charge in [-0.25, -0.2) is 0 Å². The van der Waals surface area contributed by atoms with Crippen LogP contribution in [0.3, 0.4) is 0 Å². The van der Waals surface area contributed by atoms with Gasteiger partial charge in [-0.15, -0.1) is 0 Å². The average Bonchev–Trinajstić information content (AvgIpc) is 3.34. The molecule has 2 saturated carbocycles. The number of carbonyl (C=O) groups is 3. The zero-order chi connectivity index (χ0) is 19.8. The van der Waals surface area contributed by atoms with Crippen LogP contribution in [0, 0.1) is 23.7 Å². The van der Waals surface area contributed by atoms with E-state index >= 15 is 0 Å². The molecule has 0 amide bonds. The van der Waals surface area contributed by atoms with Gasteiger partial charge in [-0.1, -0.05) is 37.8 Å². The summed E-state index contributed by atoms with van der Waals surface area (Å²) in [6.45, 7) is 4.19. The van der Waals surface area contributed by atoms with Crippen LogP contribution in [0.5, 0.6) is 0 Å². The molecule has 4 rings (SSSR count). The van der Waals surface area contributed by atoms with Gasteiger partial charge in [0.1, 0.15) is 11.6 Å². The van der Waals surface area contributed by atoms with Crippen molar-refractivity contribution in [2.75, 3.05) is 0 Å². The van der Waals surface area contributed by atoms with Crippen molar-refractivity contribution >= 4 is 17.3 Å². The van der Waals surface area contributed by atoms with Crippen molar-refractivity contribution in [3.63, 3.8) is 0 Å². The molecule has 0 aromatic carbocycles. The minimum Gasteiger partial charge on any atom is -0.299 e. The summed E-state index contributed by atoms with van der Waals surface area (Å²) < 4.78 is 0. The highest BCUT2D eigenvalue weighted by atomic mass is 16.2. The Morgan fingerprint density at radius 3 is 2.46 bits per heavy atom. The van der Waals surface area contributed by atoms with E-state index in [0.29, 0.717) is 31.6 Å². The van der Waals surface area contributed by atoms with Crippen LogP contribution in [0.2, 0.25) is 0 Å². The summed E-state index contributed by atoms with van der Waals surface area (Å²) >= 11 is 0. The predicted molar refractivity (Wildman–Crippen MR) is 110 cm³/mol. The summed E-state index contributed by atoms with van der Waals surface area (Å²) in [4.78, 5) is 36.7. The minimum atomic E-state index is -0.454. The summed E-state index contributed by atoms with van der Waals surface area (Å²) in [5.41, 5.74) is 5.06. The standard InChI is InChI=1S/C25H32O3/c1-15(10-22-23(26)8-9-24(22)27)11-25(28)18-13-19-16(2)12-20(21(19)14-18)17-6-4-3-5-7-17/h12-13,15,17,20,22H,3-11,14H2,1-2H3/t15-,20?/m1/s1. The number of rotatable bonds is 6. The van der Waals surface area contributed by atoms with Crippen LogP contribution in [-0.4, -0.2) is 17.3 Å². The van der Waals surface area contributed by atoms with E-state index in [-0.39, 0.29) is 23.3 Å². The Labute approximate surface area is 168 Å².